The number of nitrogens with one attached hydrogen (secondary N) is 2. The Kier molecular flexibility index (Phi) is 14.3. The van der Waals surface area contributed by atoms with Crippen LogP contribution in [0.5, 0.6) is 5.75 Å². The summed E-state index contributed by atoms with van der Waals surface area (Å²) < 4.78 is 10.9. The first-order chi connectivity index (χ1) is 22.4. The van der Waals surface area contributed by atoms with Crippen molar-refractivity contribution in [2.24, 2.45) is 0 Å². The lowest BCUT2D eigenvalue weighted by Gasteiger charge is -2.35. The number of aryl methyl sites for hydroxylation is 2. The second-order valence-electron chi connectivity index (χ2n) is 13.2. The van der Waals surface area contributed by atoms with Crippen LogP contribution in [0.3, 0.4) is 0 Å². The van der Waals surface area contributed by atoms with Crippen LogP contribution in [0.25, 0.3) is 0 Å². The Bertz CT molecular complexity index is 1430. The van der Waals surface area contributed by atoms with E-state index in [4.69, 9.17) is 9.47 Å². The standard InChI is InChI=1S/C39H53N3O5/c1-8-9-10-11-12-16-25-42(37(44)34(27-30-17-14-13-15-18-30)41-38(45)47-39(4,5)6)35(33-24-19-28(2)26-29(33)3)36(43)40-31-20-22-32(46-7)23-21-31/h13-15,17-24,26,34-35H,8-12,16,25,27H2,1-7H3,(H,40,43)(H,41,45). The minimum atomic E-state index is -0.964. The van der Waals surface area contributed by atoms with E-state index >= 15 is 0 Å². The first-order valence-corrected chi connectivity index (χ1v) is 16.8. The van der Waals surface area contributed by atoms with Crippen LogP contribution in [0.15, 0.2) is 72.8 Å². The van der Waals surface area contributed by atoms with Gasteiger partial charge in [-0.3, -0.25) is 9.59 Å². The van der Waals surface area contributed by atoms with Crippen molar-refractivity contribution >= 4 is 23.6 Å². The van der Waals surface area contributed by atoms with Crippen LogP contribution in [0.1, 0.15) is 94.5 Å². The van der Waals surface area contributed by atoms with Crippen molar-refractivity contribution in [3.63, 3.8) is 0 Å². The van der Waals surface area contributed by atoms with Crippen molar-refractivity contribution in [3.05, 3.63) is 95.1 Å². The van der Waals surface area contributed by atoms with Crippen LogP contribution in [-0.4, -0.2) is 48.1 Å². The number of ether oxygens (including phenoxy) is 2. The third-order valence-corrected chi connectivity index (χ3v) is 7.94. The molecule has 3 aromatic rings. The van der Waals surface area contributed by atoms with Crippen LogP contribution in [-0.2, 0) is 20.7 Å². The van der Waals surface area contributed by atoms with Gasteiger partial charge in [-0.05, 0) is 82.0 Å². The summed E-state index contributed by atoms with van der Waals surface area (Å²) in [5.74, 6) is -0.00825. The Hall–Kier alpha value is -4.33. The highest BCUT2D eigenvalue weighted by molar-refractivity contribution is 5.99. The highest BCUT2D eigenvalue weighted by atomic mass is 16.6. The molecule has 8 heteroatoms. The third kappa shape index (κ3) is 12.1. The van der Waals surface area contributed by atoms with Gasteiger partial charge in [0.25, 0.3) is 5.91 Å². The second kappa shape index (κ2) is 18.1. The van der Waals surface area contributed by atoms with Crippen molar-refractivity contribution in [1.82, 2.24) is 10.2 Å². The number of alkyl carbamates (subject to hydrolysis) is 1. The molecule has 0 heterocycles. The fraction of sp³-hybridized carbons (Fsp3) is 0.462. The maximum atomic E-state index is 14.8. The van der Waals surface area contributed by atoms with Gasteiger partial charge in [-0.25, -0.2) is 4.79 Å². The molecule has 0 spiro atoms. The molecular formula is C39H53N3O5. The largest absolute Gasteiger partial charge is 0.497 e. The minimum absolute atomic E-state index is 0.242. The lowest BCUT2D eigenvalue weighted by atomic mass is 9.95. The van der Waals surface area contributed by atoms with Crippen LogP contribution in [0, 0.1) is 13.8 Å². The predicted octanol–water partition coefficient (Wildman–Crippen LogP) is 8.32. The van der Waals surface area contributed by atoms with E-state index in [1.807, 2.05) is 62.4 Å². The molecule has 0 aromatic heterocycles. The number of carbonyl (C=O) groups is 3. The smallest absolute Gasteiger partial charge is 0.408 e. The molecule has 3 amide bonds. The fourth-order valence-corrected chi connectivity index (χ4v) is 5.60. The molecule has 0 saturated carbocycles. The fourth-order valence-electron chi connectivity index (χ4n) is 5.60. The molecule has 8 nitrogen and oxygen atoms in total. The van der Waals surface area contributed by atoms with Gasteiger partial charge in [-0.15, -0.1) is 0 Å². The summed E-state index contributed by atoms with van der Waals surface area (Å²) in [6.45, 7) is 11.8. The van der Waals surface area contributed by atoms with Crippen molar-refractivity contribution in [2.45, 2.75) is 104 Å². The van der Waals surface area contributed by atoms with E-state index in [-0.39, 0.29) is 18.2 Å². The molecule has 254 valence electrons. The van der Waals surface area contributed by atoms with Gasteiger partial charge in [-0.1, -0.05) is 93.1 Å². The number of nitrogens with zero attached hydrogens (tertiary/aromatic N) is 1. The lowest BCUT2D eigenvalue weighted by molar-refractivity contribution is -0.140. The second-order valence-corrected chi connectivity index (χ2v) is 13.2. The third-order valence-electron chi connectivity index (χ3n) is 7.94. The summed E-state index contributed by atoms with van der Waals surface area (Å²) in [7, 11) is 1.59. The van der Waals surface area contributed by atoms with Gasteiger partial charge >= 0.3 is 6.09 Å². The summed E-state index contributed by atoms with van der Waals surface area (Å²) in [5, 5.41) is 5.90. The normalized spacial score (nSPS) is 12.5. The molecule has 3 aromatic carbocycles. The first kappa shape index (κ1) is 37.1. The van der Waals surface area contributed by atoms with Gasteiger partial charge in [0, 0.05) is 18.7 Å². The molecule has 0 bridgehead atoms. The average molecular weight is 644 g/mol. The zero-order valence-electron chi connectivity index (χ0n) is 29.2. The minimum Gasteiger partial charge on any atom is -0.497 e. The summed E-state index contributed by atoms with van der Waals surface area (Å²) in [5.41, 5.74) is 3.42. The van der Waals surface area contributed by atoms with Crippen molar-refractivity contribution in [1.29, 1.82) is 0 Å². The zero-order chi connectivity index (χ0) is 34.4. The van der Waals surface area contributed by atoms with Crippen LogP contribution >= 0.6 is 0 Å². The molecule has 0 radical (unpaired) electrons. The Labute approximate surface area is 281 Å². The zero-order valence-corrected chi connectivity index (χ0v) is 29.2. The predicted molar refractivity (Wildman–Crippen MR) is 189 cm³/mol. The van der Waals surface area contributed by atoms with Gasteiger partial charge in [0.15, 0.2) is 0 Å². The van der Waals surface area contributed by atoms with E-state index in [0.717, 1.165) is 60.8 Å². The number of hydrogen-bond acceptors (Lipinski definition) is 5. The lowest BCUT2D eigenvalue weighted by Crippen LogP contribution is -2.53. The average Bonchev–Trinajstić information content (AvgIpc) is 3.02. The van der Waals surface area contributed by atoms with Gasteiger partial charge in [0.05, 0.1) is 7.11 Å². The highest BCUT2D eigenvalue weighted by Gasteiger charge is 2.37. The van der Waals surface area contributed by atoms with Gasteiger partial charge < -0.3 is 25.0 Å². The molecule has 47 heavy (non-hydrogen) atoms. The van der Waals surface area contributed by atoms with E-state index in [1.54, 1.807) is 57.0 Å². The summed E-state index contributed by atoms with van der Waals surface area (Å²) >= 11 is 0. The van der Waals surface area contributed by atoms with Crippen LogP contribution in [0.4, 0.5) is 10.5 Å². The molecule has 2 atom stereocenters. The quantitative estimate of drug-likeness (QED) is 0.153. The number of unbranched alkanes of at least 4 members (excludes halogenated alkanes) is 5. The number of methoxy groups -OCH3 is 1. The van der Waals surface area contributed by atoms with Crippen molar-refractivity contribution in [3.8, 4) is 5.75 Å². The maximum absolute atomic E-state index is 14.8. The molecule has 0 fully saturated rings. The van der Waals surface area contributed by atoms with Crippen LogP contribution < -0.4 is 15.4 Å². The maximum Gasteiger partial charge on any atom is 0.408 e. The van der Waals surface area contributed by atoms with E-state index in [0.29, 0.717) is 18.0 Å². The Morgan fingerprint density at radius 3 is 2.13 bits per heavy atom. The monoisotopic (exact) mass is 643 g/mol. The highest BCUT2D eigenvalue weighted by Crippen LogP contribution is 2.29. The molecule has 3 rings (SSSR count). The number of hydrogen-bond donors (Lipinski definition) is 2. The Balaban J connectivity index is 2.07. The molecule has 2 unspecified atom stereocenters. The number of benzene rings is 3. The molecule has 0 aliphatic carbocycles. The number of carbonyl (C=O) groups excluding carboxylic acids is 3. The van der Waals surface area contributed by atoms with Crippen LogP contribution in [0.2, 0.25) is 0 Å². The topological polar surface area (TPSA) is 97.0 Å². The van der Waals surface area contributed by atoms with Gasteiger partial charge in [0.2, 0.25) is 5.91 Å². The molecule has 0 saturated heterocycles. The van der Waals surface area contributed by atoms with Crippen molar-refractivity contribution < 1.29 is 23.9 Å². The van der Waals surface area contributed by atoms with E-state index in [1.165, 1.54) is 0 Å². The van der Waals surface area contributed by atoms with Gasteiger partial charge in [0.1, 0.15) is 23.4 Å². The Morgan fingerprint density at radius 2 is 1.51 bits per heavy atom. The summed E-state index contributed by atoms with van der Waals surface area (Å²) in [6.07, 6.45) is 5.68. The molecular weight excluding hydrogens is 590 g/mol. The molecule has 0 aliphatic heterocycles. The van der Waals surface area contributed by atoms with E-state index in [9.17, 15) is 14.4 Å². The number of anilines is 1. The number of amides is 3. The SMILES string of the molecule is CCCCCCCCN(C(=O)C(Cc1ccccc1)NC(=O)OC(C)(C)C)C(C(=O)Nc1ccc(OC)cc1)c1ccc(C)cc1C. The summed E-state index contributed by atoms with van der Waals surface area (Å²) in [6, 6.07) is 20.7. The van der Waals surface area contributed by atoms with E-state index in [2.05, 4.69) is 17.6 Å². The van der Waals surface area contributed by atoms with E-state index < -0.39 is 23.8 Å². The van der Waals surface area contributed by atoms with Gasteiger partial charge in [-0.2, -0.15) is 0 Å². The molecule has 0 aliphatic rings. The number of rotatable bonds is 16. The Morgan fingerprint density at radius 1 is 0.851 bits per heavy atom. The molecule has 2 N–H and O–H groups in total. The van der Waals surface area contributed by atoms with Crippen molar-refractivity contribution in [2.75, 3.05) is 19.0 Å². The first-order valence-electron chi connectivity index (χ1n) is 16.8. The summed E-state index contributed by atoms with van der Waals surface area (Å²) in [4.78, 5) is 43.9.